The third kappa shape index (κ3) is 4.61. The summed E-state index contributed by atoms with van der Waals surface area (Å²) >= 11 is 1.93. The van der Waals surface area contributed by atoms with Crippen molar-refractivity contribution in [3.05, 3.63) is 22.4 Å². The van der Waals surface area contributed by atoms with E-state index in [1.165, 1.54) is 51.4 Å². The largest absolute Gasteiger partial charge is 0.306 e. The molecule has 2 rings (SSSR count). The van der Waals surface area contributed by atoms with Crippen molar-refractivity contribution in [2.24, 2.45) is 5.92 Å². The van der Waals surface area contributed by atoms with Gasteiger partial charge in [0.2, 0.25) is 0 Å². The molecule has 0 aliphatic heterocycles. The lowest BCUT2D eigenvalue weighted by Crippen LogP contribution is -2.33. The number of hydrogen-bond donors (Lipinski definition) is 1. The Balaban J connectivity index is 1.90. The molecular weight excluding hydrogens is 250 g/mol. The van der Waals surface area contributed by atoms with Crippen LogP contribution in [0.4, 0.5) is 0 Å². The first-order valence-corrected chi connectivity index (χ1v) is 8.98. The first-order valence-electron chi connectivity index (χ1n) is 8.10. The Morgan fingerprint density at radius 2 is 2.11 bits per heavy atom. The lowest BCUT2D eigenvalue weighted by molar-refractivity contribution is 0.328. The Morgan fingerprint density at radius 1 is 1.32 bits per heavy atom. The third-order valence-corrected chi connectivity index (χ3v) is 5.38. The average molecular weight is 279 g/mol. The molecule has 1 heterocycles. The van der Waals surface area contributed by atoms with E-state index in [4.69, 9.17) is 0 Å². The Hall–Kier alpha value is -0.340. The lowest BCUT2D eigenvalue weighted by Gasteiger charge is -2.27. The molecule has 1 aliphatic carbocycles. The molecule has 2 heteroatoms. The van der Waals surface area contributed by atoms with Gasteiger partial charge in [-0.2, -0.15) is 0 Å². The second-order valence-electron chi connectivity index (χ2n) is 6.10. The number of rotatable bonds is 8. The first-order chi connectivity index (χ1) is 9.31. The zero-order valence-electron chi connectivity index (χ0n) is 12.5. The summed E-state index contributed by atoms with van der Waals surface area (Å²) in [6.07, 6.45) is 11.1. The molecule has 2 unspecified atom stereocenters. The smallest absolute Gasteiger partial charge is 0.0445 e. The zero-order chi connectivity index (χ0) is 13.5. The summed E-state index contributed by atoms with van der Waals surface area (Å²) in [5.74, 6) is 0.868. The molecule has 0 amide bonds. The summed E-state index contributed by atoms with van der Waals surface area (Å²) < 4.78 is 0. The molecular formula is C17H29NS. The molecule has 1 fully saturated rings. The van der Waals surface area contributed by atoms with Crippen molar-refractivity contribution >= 4 is 11.3 Å². The number of unbranched alkanes of at least 4 members (excludes halogenated alkanes) is 2. The van der Waals surface area contributed by atoms with Crippen molar-refractivity contribution in [1.29, 1.82) is 0 Å². The maximum absolute atomic E-state index is 3.93. The van der Waals surface area contributed by atoms with E-state index in [0.717, 1.165) is 5.92 Å². The van der Waals surface area contributed by atoms with Gasteiger partial charge in [0, 0.05) is 17.0 Å². The third-order valence-electron chi connectivity index (χ3n) is 4.43. The van der Waals surface area contributed by atoms with E-state index in [2.05, 4.69) is 36.7 Å². The van der Waals surface area contributed by atoms with Gasteiger partial charge in [-0.3, -0.25) is 0 Å². The summed E-state index contributed by atoms with van der Waals surface area (Å²) in [7, 11) is 0. The van der Waals surface area contributed by atoms with Gasteiger partial charge in [-0.15, -0.1) is 11.3 Å². The molecule has 0 aromatic carbocycles. The Bertz CT molecular complexity index is 327. The topological polar surface area (TPSA) is 12.0 Å². The fourth-order valence-electron chi connectivity index (χ4n) is 3.30. The van der Waals surface area contributed by atoms with Crippen molar-refractivity contribution < 1.29 is 0 Å². The summed E-state index contributed by atoms with van der Waals surface area (Å²) in [5, 5.41) is 6.15. The van der Waals surface area contributed by atoms with Crippen molar-refractivity contribution in [3.63, 3.8) is 0 Å². The SMILES string of the molecule is CCCCCC(C)NC(c1cccs1)C1CCCC1. The predicted molar refractivity (Wildman–Crippen MR) is 85.8 cm³/mol. The highest BCUT2D eigenvalue weighted by Crippen LogP contribution is 2.37. The quantitative estimate of drug-likeness (QED) is 0.616. The van der Waals surface area contributed by atoms with E-state index in [1.54, 1.807) is 4.88 Å². The Kier molecular flexibility index (Phi) is 6.39. The Morgan fingerprint density at radius 3 is 2.74 bits per heavy atom. The monoisotopic (exact) mass is 279 g/mol. The van der Waals surface area contributed by atoms with Crippen LogP contribution in [0.25, 0.3) is 0 Å². The van der Waals surface area contributed by atoms with Crippen molar-refractivity contribution in [2.45, 2.75) is 77.3 Å². The molecule has 0 radical (unpaired) electrons. The standard InChI is InChI=1S/C17H29NS/c1-3-4-5-9-14(2)18-17(15-10-6-7-11-15)16-12-8-13-19-16/h8,12-15,17-18H,3-7,9-11H2,1-2H3. The fraction of sp³-hybridized carbons (Fsp3) is 0.765. The van der Waals surface area contributed by atoms with Crippen LogP contribution >= 0.6 is 11.3 Å². The number of thiophene rings is 1. The maximum atomic E-state index is 3.93. The van der Waals surface area contributed by atoms with Crippen LogP contribution in [0.5, 0.6) is 0 Å². The van der Waals surface area contributed by atoms with Crippen LogP contribution in [-0.2, 0) is 0 Å². The minimum absolute atomic E-state index is 0.610. The van der Waals surface area contributed by atoms with Gasteiger partial charge in [-0.25, -0.2) is 0 Å². The summed E-state index contributed by atoms with van der Waals surface area (Å²) in [6, 6.07) is 5.78. The van der Waals surface area contributed by atoms with E-state index >= 15 is 0 Å². The van der Waals surface area contributed by atoms with Crippen LogP contribution in [0.1, 0.15) is 76.1 Å². The van der Waals surface area contributed by atoms with Gasteiger partial charge >= 0.3 is 0 Å². The molecule has 108 valence electrons. The summed E-state index contributed by atoms with van der Waals surface area (Å²) in [5.41, 5.74) is 0. The van der Waals surface area contributed by atoms with Gasteiger partial charge in [0.05, 0.1) is 0 Å². The minimum Gasteiger partial charge on any atom is -0.306 e. The number of nitrogens with one attached hydrogen (secondary N) is 1. The minimum atomic E-state index is 0.610. The molecule has 0 bridgehead atoms. The van der Waals surface area contributed by atoms with Crippen LogP contribution in [0.15, 0.2) is 17.5 Å². The molecule has 1 aromatic heterocycles. The predicted octanol–water partition coefficient (Wildman–Crippen LogP) is 5.54. The summed E-state index contributed by atoms with van der Waals surface area (Å²) in [4.78, 5) is 1.55. The lowest BCUT2D eigenvalue weighted by atomic mass is 9.95. The zero-order valence-corrected chi connectivity index (χ0v) is 13.3. The Labute approximate surface area is 122 Å². The number of hydrogen-bond acceptors (Lipinski definition) is 2. The molecule has 0 saturated heterocycles. The van der Waals surface area contributed by atoms with Crippen LogP contribution < -0.4 is 5.32 Å². The molecule has 1 saturated carbocycles. The van der Waals surface area contributed by atoms with Gasteiger partial charge in [-0.1, -0.05) is 45.1 Å². The highest BCUT2D eigenvalue weighted by molar-refractivity contribution is 7.10. The van der Waals surface area contributed by atoms with E-state index in [-0.39, 0.29) is 0 Å². The van der Waals surface area contributed by atoms with E-state index in [0.29, 0.717) is 12.1 Å². The van der Waals surface area contributed by atoms with E-state index in [1.807, 2.05) is 11.3 Å². The average Bonchev–Trinajstić information content (AvgIpc) is 3.09. The van der Waals surface area contributed by atoms with Gasteiger partial charge < -0.3 is 5.32 Å². The van der Waals surface area contributed by atoms with Crippen LogP contribution in [0, 0.1) is 5.92 Å². The van der Waals surface area contributed by atoms with Gasteiger partial charge in [0.25, 0.3) is 0 Å². The van der Waals surface area contributed by atoms with Crippen molar-refractivity contribution in [1.82, 2.24) is 5.32 Å². The maximum Gasteiger partial charge on any atom is 0.0445 e. The normalized spacial score (nSPS) is 19.7. The van der Waals surface area contributed by atoms with Crippen molar-refractivity contribution in [2.75, 3.05) is 0 Å². The fourth-order valence-corrected chi connectivity index (χ4v) is 4.18. The van der Waals surface area contributed by atoms with Gasteiger partial charge in [0.1, 0.15) is 0 Å². The molecule has 1 nitrogen and oxygen atoms in total. The molecule has 1 aliphatic rings. The highest BCUT2D eigenvalue weighted by Gasteiger charge is 2.27. The van der Waals surface area contributed by atoms with Crippen LogP contribution in [0.2, 0.25) is 0 Å². The van der Waals surface area contributed by atoms with Crippen LogP contribution in [-0.4, -0.2) is 6.04 Å². The van der Waals surface area contributed by atoms with Crippen LogP contribution in [0.3, 0.4) is 0 Å². The van der Waals surface area contributed by atoms with Gasteiger partial charge in [0.15, 0.2) is 0 Å². The first kappa shape index (κ1) is 15.1. The molecule has 1 aromatic rings. The second kappa shape index (κ2) is 8.06. The molecule has 0 spiro atoms. The highest BCUT2D eigenvalue weighted by atomic mass is 32.1. The van der Waals surface area contributed by atoms with Crippen molar-refractivity contribution in [3.8, 4) is 0 Å². The van der Waals surface area contributed by atoms with E-state index in [9.17, 15) is 0 Å². The molecule has 2 atom stereocenters. The van der Waals surface area contributed by atoms with Gasteiger partial charge in [-0.05, 0) is 43.6 Å². The second-order valence-corrected chi connectivity index (χ2v) is 7.08. The summed E-state index contributed by atoms with van der Waals surface area (Å²) in [6.45, 7) is 4.65. The van der Waals surface area contributed by atoms with E-state index < -0.39 is 0 Å². The molecule has 1 N–H and O–H groups in total. The molecule has 19 heavy (non-hydrogen) atoms.